The van der Waals surface area contributed by atoms with Gasteiger partial charge in [-0.1, -0.05) is 17.7 Å². The Labute approximate surface area is 173 Å². The number of allylic oxidation sites excluding steroid dienone is 4. The Bertz CT molecular complexity index is 916. The first kappa shape index (κ1) is 20.7. The topological polar surface area (TPSA) is 86.2 Å². The maximum absolute atomic E-state index is 12.4. The number of dihydropyridines is 1. The smallest absolute Gasteiger partial charge is 0.273 e. The number of carbonyl (C=O) groups excluding carboxylic acids is 2. The summed E-state index contributed by atoms with van der Waals surface area (Å²) in [7, 11) is 3.10. The Morgan fingerprint density at radius 1 is 1.17 bits per heavy atom. The largest absolute Gasteiger partial charge is 0.500 e. The number of ether oxygens (including phenoxy) is 3. The van der Waals surface area contributed by atoms with E-state index in [4.69, 9.17) is 25.8 Å². The average molecular weight is 417 g/mol. The quantitative estimate of drug-likeness (QED) is 0.704. The number of aliphatic imine (C=N–C) groups is 1. The molecule has 152 valence electrons. The van der Waals surface area contributed by atoms with Gasteiger partial charge in [0.15, 0.2) is 6.61 Å². The number of nitrogens with zero attached hydrogens (tertiary/aromatic N) is 1. The van der Waals surface area contributed by atoms with Crippen LogP contribution in [0, 0.1) is 5.92 Å². The number of hydrogen-bond acceptors (Lipinski definition) is 5. The molecule has 1 N–H and O–H groups in total. The molecule has 2 amide bonds. The SMILES string of the molecule is COC1=CC=C(OC)C2C=C(CCNC(=O)COc3ccc(Cl)cc3)C(=O)N=C12. The summed E-state index contributed by atoms with van der Waals surface area (Å²) in [5.74, 6) is 0.851. The number of carbonyl (C=O) groups is 2. The van der Waals surface area contributed by atoms with Crippen LogP contribution in [0.2, 0.25) is 5.02 Å². The van der Waals surface area contributed by atoms with Crippen LogP contribution in [0.25, 0.3) is 0 Å². The highest BCUT2D eigenvalue weighted by molar-refractivity contribution is 6.30. The molecule has 0 fully saturated rings. The molecule has 1 atom stereocenters. The molecule has 0 radical (unpaired) electrons. The number of halogens is 1. The van der Waals surface area contributed by atoms with Crippen molar-refractivity contribution < 1.29 is 23.8 Å². The predicted octanol–water partition coefficient (Wildman–Crippen LogP) is 2.82. The normalized spacial score (nSPS) is 17.9. The molecular formula is C21H21ClN2O5. The summed E-state index contributed by atoms with van der Waals surface area (Å²) in [6.45, 7) is 0.162. The van der Waals surface area contributed by atoms with Crippen LogP contribution >= 0.6 is 11.6 Å². The fourth-order valence-electron chi connectivity index (χ4n) is 3.00. The van der Waals surface area contributed by atoms with Crippen LogP contribution in [0.5, 0.6) is 5.75 Å². The van der Waals surface area contributed by atoms with Gasteiger partial charge in [0.1, 0.15) is 23.0 Å². The molecule has 1 aliphatic carbocycles. The molecule has 7 nitrogen and oxygen atoms in total. The van der Waals surface area contributed by atoms with Crippen LogP contribution in [0.4, 0.5) is 0 Å². The van der Waals surface area contributed by atoms with E-state index in [9.17, 15) is 9.59 Å². The summed E-state index contributed by atoms with van der Waals surface area (Å²) in [4.78, 5) is 28.5. The third-order valence-electron chi connectivity index (χ3n) is 4.47. The number of methoxy groups -OCH3 is 2. The summed E-state index contributed by atoms with van der Waals surface area (Å²) in [5.41, 5.74) is 1.04. The summed E-state index contributed by atoms with van der Waals surface area (Å²) in [5, 5.41) is 3.33. The molecule has 8 heteroatoms. The second-order valence-electron chi connectivity index (χ2n) is 6.32. The molecule has 1 aliphatic heterocycles. The van der Waals surface area contributed by atoms with Gasteiger partial charge in [-0.25, -0.2) is 4.99 Å². The molecule has 0 spiro atoms. The zero-order chi connectivity index (χ0) is 20.8. The Kier molecular flexibility index (Phi) is 6.72. The molecule has 2 aliphatic rings. The van der Waals surface area contributed by atoms with Gasteiger partial charge in [-0.2, -0.15) is 0 Å². The standard InChI is InChI=1S/C21H21ClN2O5/c1-27-17-7-8-18(28-2)20-16(17)11-13(21(26)24-20)9-10-23-19(25)12-29-15-5-3-14(22)4-6-15/h3-8,11,16H,9-10,12H2,1-2H3,(H,23,25). The minimum absolute atomic E-state index is 0.127. The monoisotopic (exact) mass is 416 g/mol. The van der Waals surface area contributed by atoms with E-state index in [0.717, 1.165) is 0 Å². The first-order valence-electron chi connectivity index (χ1n) is 9.00. The number of hydrogen-bond donors (Lipinski definition) is 1. The lowest BCUT2D eigenvalue weighted by molar-refractivity contribution is -0.123. The van der Waals surface area contributed by atoms with Gasteiger partial charge in [-0.3, -0.25) is 9.59 Å². The Morgan fingerprint density at radius 3 is 2.62 bits per heavy atom. The van der Waals surface area contributed by atoms with Crippen LogP contribution in [0.15, 0.2) is 64.6 Å². The van der Waals surface area contributed by atoms with Crippen LogP contribution in [0.3, 0.4) is 0 Å². The van der Waals surface area contributed by atoms with Crippen molar-refractivity contribution in [1.29, 1.82) is 0 Å². The summed E-state index contributed by atoms with van der Waals surface area (Å²) in [6.07, 6.45) is 5.67. The Hall–Kier alpha value is -3.06. The van der Waals surface area contributed by atoms with Gasteiger partial charge >= 0.3 is 0 Å². The van der Waals surface area contributed by atoms with Crippen molar-refractivity contribution in [3.05, 3.63) is 64.6 Å². The Balaban J connectivity index is 1.53. The highest BCUT2D eigenvalue weighted by Gasteiger charge is 2.32. The fourth-order valence-corrected chi connectivity index (χ4v) is 3.13. The molecular weight excluding hydrogens is 396 g/mol. The lowest BCUT2D eigenvalue weighted by Crippen LogP contribution is -2.32. The second kappa shape index (κ2) is 9.43. The molecule has 3 rings (SSSR count). The van der Waals surface area contributed by atoms with E-state index in [1.165, 1.54) is 7.11 Å². The summed E-state index contributed by atoms with van der Waals surface area (Å²) in [6, 6.07) is 6.74. The van der Waals surface area contributed by atoms with Crippen LogP contribution in [0.1, 0.15) is 6.42 Å². The van der Waals surface area contributed by atoms with E-state index in [1.807, 2.05) is 6.08 Å². The third kappa shape index (κ3) is 5.06. The molecule has 1 heterocycles. The van der Waals surface area contributed by atoms with Gasteiger partial charge in [0.05, 0.1) is 20.1 Å². The number of benzene rings is 1. The lowest BCUT2D eigenvalue weighted by Gasteiger charge is -2.26. The minimum Gasteiger partial charge on any atom is -0.500 e. The molecule has 0 saturated heterocycles. The first-order valence-corrected chi connectivity index (χ1v) is 9.38. The number of amides is 2. The van der Waals surface area contributed by atoms with E-state index in [1.54, 1.807) is 43.5 Å². The van der Waals surface area contributed by atoms with Gasteiger partial charge in [-0.15, -0.1) is 0 Å². The van der Waals surface area contributed by atoms with Gasteiger partial charge in [-0.05, 0) is 42.8 Å². The summed E-state index contributed by atoms with van der Waals surface area (Å²) < 4.78 is 16.1. The van der Waals surface area contributed by atoms with Crippen molar-refractivity contribution in [2.45, 2.75) is 6.42 Å². The number of rotatable bonds is 8. The first-order chi connectivity index (χ1) is 14.0. The van der Waals surface area contributed by atoms with E-state index < -0.39 is 0 Å². The zero-order valence-electron chi connectivity index (χ0n) is 16.1. The third-order valence-corrected chi connectivity index (χ3v) is 4.72. The molecule has 29 heavy (non-hydrogen) atoms. The van der Waals surface area contributed by atoms with Crippen LogP contribution < -0.4 is 10.1 Å². The summed E-state index contributed by atoms with van der Waals surface area (Å²) >= 11 is 5.81. The number of fused-ring (bicyclic) bond motifs is 1. The molecule has 1 aromatic carbocycles. The van der Waals surface area contributed by atoms with Crippen LogP contribution in [-0.4, -0.2) is 44.9 Å². The molecule has 0 aromatic heterocycles. The van der Waals surface area contributed by atoms with E-state index in [0.29, 0.717) is 40.0 Å². The van der Waals surface area contributed by atoms with Crippen molar-refractivity contribution in [3.8, 4) is 5.75 Å². The van der Waals surface area contributed by atoms with Gasteiger partial charge in [0.25, 0.3) is 11.8 Å². The second-order valence-corrected chi connectivity index (χ2v) is 6.76. The van der Waals surface area contributed by atoms with Gasteiger partial charge in [0, 0.05) is 17.1 Å². The van der Waals surface area contributed by atoms with Crippen molar-refractivity contribution in [3.63, 3.8) is 0 Å². The molecule has 1 aromatic rings. The minimum atomic E-state index is -0.344. The number of nitrogens with one attached hydrogen (secondary N) is 1. The predicted molar refractivity (Wildman–Crippen MR) is 109 cm³/mol. The maximum atomic E-state index is 12.4. The zero-order valence-corrected chi connectivity index (χ0v) is 16.9. The molecule has 0 saturated carbocycles. The van der Waals surface area contributed by atoms with Crippen molar-refractivity contribution in [2.75, 3.05) is 27.4 Å². The van der Waals surface area contributed by atoms with Crippen molar-refractivity contribution >= 4 is 29.1 Å². The van der Waals surface area contributed by atoms with Crippen LogP contribution in [-0.2, 0) is 19.1 Å². The van der Waals surface area contributed by atoms with E-state index >= 15 is 0 Å². The van der Waals surface area contributed by atoms with Gasteiger partial charge in [0.2, 0.25) is 0 Å². The maximum Gasteiger partial charge on any atom is 0.273 e. The van der Waals surface area contributed by atoms with E-state index in [-0.39, 0.29) is 30.9 Å². The highest BCUT2D eigenvalue weighted by Crippen LogP contribution is 2.30. The fraction of sp³-hybridized carbons (Fsp3) is 0.286. The van der Waals surface area contributed by atoms with Crippen molar-refractivity contribution in [2.24, 2.45) is 10.9 Å². The van der Waals surface area contributed by atoms with Crippen molar-refractivity contribution in [1.82, 2.24) is 5.32 Å². The highest BCUT2D eigenvalue weighted by atomic mass is 35.5. The van der Waals surface area contributed by atoms with E-state index in [2.05, 4.69) is 10.3 Å². The average Bonchev–Trinajstić information content (AvgIpc) is 2.73. The lowest BCUT2D eigenvalue weighted by atomic mass is 9.89. The molecule has 1 unspecified atom stereocenters. The molecule has 0 bridgehead atoms. The Morgan fingerprint density at radius 2 is 1.93 bits per heavy atom. The van der Waals surface area contributed by atoms with Gasteiger partial charge < -0.3 is 19.5 Å².